The summed E-state index contributed by atoms with van der Waals surface area (Å²) in [6.45, 7) is 3.14. The summed E-state index contributed by atoms with van der Waals surface area (Å²) in [4.78, 5) is 12.4. The second-order valence-corrected chi connectivity index (χ2v) is 10.3. The smallest absolute Gasteiger partial charge is 0.370 e. The van der Waals surface area contributed by atoms with E-state index in [0.717, 1.165) is 0 Å². The van der Waals surface area contributed by atoms with Crippen LogP contribution in [-0.4, -0.2) is 23.6 Å². The number of ether oxygens (including phenoxy) is 1. The zero-order valence-electron chi connectivity index (χ0n) is 20.2. The first-order valence-corrected chi connectivity index (χ1v) is 11.9. The number of benzene rings is 2. The highest BCUT2D eigenvalue weighted by Gasteiger charge is 2.51. The molecule has 2 aliphatic rings. The van der Waals surface area contributed by atoms with Gasteiger partial charge < -0.3 is 15.8 Å². The minimum absolute atomic E-state index is 0.0850. The Kier molecular flexibility index (Phi) is 7.09. The molecule has 0 radical (unpaired) electrons. The predicted octanol–water partition coefficient (Wildman–Crippen LogP) is 5.39. The third kappa shape index (κ3) is 5.77. The Morgan fingerprint density at radius 3 is 2.05 bits per heavy atom. The van der Waals surface area contributed by atoms with Gasteiger partial charge in [0.2, 0.25) is 0 Å². The molecule has 4 rings (SSSR count). The van der Waals surface area contributed by atoms with Gasteiger partial charge in [0.15, 0.2) is 5.54 Å². The number of amides is 1. The highest BCUT2D eigenvalue weighted by molar-refractivity contribution is 5.86. The Hall–Kier alpha value is -2.66. The Labute approximate surface area is 209 Å². The molecule has 2 aromatic carbocycles. The van der Waals surface area contributed by atoms with Crippen LogP contribution >= 0.6 is 0 Å². The molecule has 11 heteroatoms. The minimum atomic E-state index is -4.97. The number of halogens is 7. The summed E-state index contributed by atoms with van der Waals surface area (Å²) in [5.74, 6) is -1.15. The maximum Gasteiger partial charge on any atom is 0.416 e. The zero-order valence-corrected chi connectivity index (χ0v) is 20.2. The molecule has 1 aliphatic carbocycles. The van der Waals surface area contributed by atoms with Gasteiger partial charge in [-0.1, -0.05) is 12.1 Å². The summed E-state index contributed by atoms with van der Waals surface area (Å²) in [6, 6.07) is 6.92. The predicted molar refractivity (Wildman–Crippen MR) is 119 cm³/mol. The van der Waals surface area contributed by atoms with E-state index in [1.165, 1.54) is 19.1 Å². The number of carbonyl (C=O) groups is 1. The first-order chi connectivity index (χ1) is 17.1. The van der Waals surface area contributed by atoms with E-state index in [9.17, 15) is 35.5 Å². The topological polar surface area (TPSA) is 66.0 Å². The van der Waals surface area contributed by atoms with Gasteiger partial charge in [0, 0.05) is 18.4 Å². The van der Waals surface area contributed by atoms with Crippen molar-refractivity contribution in [2.24, 2.45) is 5.92 Å². The van der Waals surface area contributed by atoms with E-state index in [1.54, 1.807) is 19.1 Å². The summed E-state index contributed by atoms with van der Waals surface area (Å²) in [7, 11) is 0. The summed E-state index contributed by atoms with van der Waals surface area (Å²) in [5.41, 5.74) is 0.800. The lowest BCUT2D eigenvalue weighted by Gasteiger charge is -2.31. The molecule has 202 valence electrons. The van der Waals surface area contributed by atoms with Crippen molar-refractivity contribution in [2.75, 3.05) is 0 Å². The molecule has 4 N–H and O–H groups in total. The molecule has 0 unspecified atom stereocenters. The van der Waals surface area contributed by atoms with Crippen molar-refractivity contribution >= 4 is 5.91 Å². The first kappa shape index (κ1) is 27.4. The lowest BCUT2D eigenvalue weighted by molar-refractivity contribution is -0.450. The molecule has 1 aliphatic heterocycles. The summed E-state index contributed by atoms with van der Waals surface area (Å²) < 4.78 is 99.9. The average Bonchev–Trinajstić information content (AvgIpc) is 3.32. The number of hydrogen-bond donors (Lipinski definition) is 2. The van der Waals surface area contributed by atoms with E-state index >= 15 is 0 Å². The fourth-order valence-electron chi connectivity index (χ4n) is 5.53. The van der Waals surface area contributed by atoms with E-state index in [2.05, 4.69) is 11.1 Å². The van der Waals surface area contributed by atoms with Crippen LogP contribution in [0.15, 0.2) is 42.5 Å². The minimum Gasteiger partial charge on any atom is -0.370 e. The van der Waals surface area contributed by atoms with Gasteiger partial charge >= 0.3 is 12.4 Å². The molecule has 0 bridgehead atoms. The van der Waals surface area contributed by atoms with E-state index in [-0.39, 0.29) is 35.4 Å². The van der Waals surface area contributed by atoms with Crippen molar-refractivity contribution in [3.8, 4) is 0 Å². The largest absolute Gasteiger partial charge is 0.416 e. The number of alkyl halides is 6. The van der Waals surface area contributed by atoms with Crippen molar-refractivity contribution in [3.05, 3.63) is 70.5 Å². The Balaban J connectivity index is 1.65. The highest BCUT2D eigenvalue weighted by Crippen LogP contribution is 2.47. The van der Waals surface area contributed by atoms with Gasteiger partial charge in [-0.2, -0.15) is 26.3 Å². The molecule has 6 atom stereocenters. The molecule has 37 heavy (non-hydrogen) atoms. The van der Waals surface area contributed by atoms with Crippen LogP contribution in [0, 0.1) is 11.7 Å². The maximum atomic E-state index is 13.6. The van der Waals surface area contributed by atoms with Gasteiger partial charge in [-0.15, -0.1) is 0 Å². The summed E-state index contributed by atoms with van der Waals surface area (Å²) >= 11 is 0. The zero-order chi connectivity index (χ0) is 27.3. The molecule has 0 aromatic heterocycles. The highest BCUT2D eigenvalue weighted by atomic mass is 19.4. The summed E-state index contributed by atoms with van der Waals surface area (Å²) in [6.07, 6.45) is -10.1. The van der Waals surface area contributed by atoms with Crippen molar-refractivity contribution in [1.29, 1.82) is 0 Å². The first-order valence-electron chi connectivity index (χ1n) is 11.9. The molecule has 4 nitrogen and oxygen atoms in total. The molecule has 1 heterocycles. The number of hydrogen-bond acceptors (Lipinski definition) is 2. The average molecular weight is 534 g/mol. The summed E-state index contributed by atoms with van der Waals surface area (Å²) in [5, 5.41) is 2.97. The quantitative estimate of drug-likeness (QED) is 0.506. The van der Waals surface area contributed by atoms with Gasteiger partial charge in [0.25, 0.3) is 5.91 Å². The molecule has 0 spiro atoms. The van der Waals surface area contributed by atoms with E-state index in [4.69, 9.17) is 4.74 Å². The van der Waals surface area contributed by atoms with E-state index < -0.39 is 47.0 Å². The van der Waals surface area contributed by atoms with Crippen LogP contribution in [0.4, 0.5) is 30.7 Å². The van der Waals surface area contributed by atoms with Crippen molar-refractivity contribution in [3.63, 3.8) is 0 Å². The van der Waals surface area contributed by atoms with Gasteiger partial charge in [-0.05, 0) is 74.1 Å². The fraction of sp³-hybridized carbons (Fsp3) is 0.500. The molecule has 1 saturated carbocycles. The molecular weight excluding hydrogens is 505 g/mol. The number of quaternary nitrogens is 1. The monoisotopic (exact) mass is 533 g/mol. The van der Waals surface area contributed by atoms with Crippen molar-refractivity contribution < 1.29 is 46.0 Å². The lowest BCUT2D eigenvalue weighted by Crippen LogP contribution is -2.74. The lowest BCUT2D eigenvalue weighted by atomic mass is 9.81. The Bertz CT molecular complexity index is 1110. The van der Waals surface area contributed by atoms with Gasteiger partial charge in [0.05, 0.1) is 23.3 Å². The number of carbonyl (C=O) groups excluding carboxylic acids is 1. The van der Waals surface area contributed by atoms with Crippen LogP contribution in [0.1, 0.15) is 67.4 Å². The van der Waals surface area contributed by atoms with Crippen LogP contribution in [0.5, 0.6) is 0 Å². The third-order valence-electron chi connectivity index (χ3n) is 7.41. The maximum absolute atomic E-state index is 13.6. The number of nitrogens with one attached hydrogen (secondary N) is 1. The molecule has 2 aromatic rings. The molecular formula is C26H28F7N2O2+. The normalized spacial score (nSPS) is 29.4. The van der Waals surface area contributed by atoms with Gasteiger partial charge in [-0.3, -0.25) is 4.79 Å². The molecule has 2 fully saturated rings. The standard InChI is InChI=1S/C26H27F7N2O2/c1-13(15-9-16(25(28,29)30)11-17(10-15)26(31,32)33)37-21-8-7-19(20-12-24(2,34)23(36)35-20)22(21)14-3-5-18(27)6-4-14/h3-6,9-11,13,19-22H,7-8,12,34H2,1-2H3,(H,35,36)/p+1/t13-,19+,20-,21+,22+,24-/m1/s1. The Morgan fingerprint density at radius 2 is 1.57 bits per heavy atom. The van der Waals surface area contributed by atoms with Crippen LogP contribution in [0.25, 0.3) is 0 Å². The molecule has 1 saturated heterocycles. The number of rotatable bonds is 5. The second-order valence-electron chi connectivity index (χ2n) is 10.3. The van der Waals surface area contributed by atoms with Crippen LogP contribution < -0.4 is 11.1 Å². The van der Waals surface area contributed by atoms with Crippen molar-refractivity contribution in [1.82, 2.24) is 5.32 Å². The van der Waals surface area contributed by atoms with Crippen LogP contribution in [-0.2, 0) is 21.9 Å². The third-order valence-corrected chi connectivity index (χ3v) is 7.41. The van der Waals surface area contributed by atoms with Crippen LogP contribution in [0.2, 0.25) is 0 Å². The SMILES string of the molecule is C[C@@H](O[C@H]1CC[C@@H]([C@H]2C[C@@](C)([NH3+])C(=O)N2)[C@@H]1c1ccc(F)cc1)c1cc(C(F)(F)F)cc(C(F)(F)F)c1. The van der Waals surface area contributed by atoms with E-state index in [1.807, 2.05) is 0 Å². The second kappa shape index (κ2) is 9.58. The van der Waals surface area contributed by atoms with Crippen LogP contribution in [0.3, 0.4) is 0 Å². The Morgan fingerprint density at radius 1 is 1.00 bits per heavy atom. The fourth-order valence-corrected chi connectivity index (χ4v) is 5.53. The van der Waals surface area contributed by atoms with Gasteiger partial charge in [-0.25, -0.2) is 4.39 Å². The van der Waals surface area contributed by atoms with Gasteiger partial charge in [0.1, 0.15) is 5.82 Å². The van der Waals surface area contributed by atoms with Crippen molar-refractivity contribution in [2.45, 2.75) is 75.2 Å². The van der Waals surface area contributed by atoms with E-state index in [0.29, 0.717) is 37.0 Å². The molecule has 1 amide bonds.